The number of rotatable bonds is 8. The summed E-state index contributed by atoms with van der Waals surface area (Å²) in [7, 11) is -4.50. The Hall–Kier alpha value is -1.78. The summed E-state index contributed by atoms with van der Waals surface area (Å²) in [4.78, 5) is 23.1. The van der Waals surface area contributed by atoms with E-state index in [1.54, 1.807) is 0 Å². The minimum atomic E-state index is -5.81. The number of nitrogens with one attached hydrogen (secondary N) is 2. The van der Waals surface area contributed by atoms with Gasteiger partial charge >= 0.3 is 21.6 Å². The zero-order valence-corrected chi connectivity index (χ0v) is 13.5. The van der Waals surface area contributed by atoms with Crippen molar-refractivity contribution in [2.45, 2.75) is 31.7 Å². The summed E-state index contributed by atoms with van der Waals surface area (Å²) in [5.74, 6) is -1.32. The average molecular weight is 360 g/mol. The largest absolute Gasteiger partial charge is 0.516 e. The van der Waals surface area contributed by atoms with E-state index in [4.69, 9.17) is 4.74 Å². The molecule has 2 amide bonds. The monoisotopic (exact) mass is 360 g/mol. The molecule has 1 atom stereocenters. The topological polar surface area (TPSA) is 102 Å². The standard InChI is InChI=1S/C12H19F3N2O5S/c1-4-6-11(5-2,7-8-22-10(19)16-3)9(18)17-23(20,21)12(13,14)15/h4H,1,5-8H2,2-3H3,(H,16,19)(H,17,18). The van der Waals surface area contributed by atoms with E-state index in [9.17, 15) is 31.2 Å². The van der Waals surface area contributed by atoms with Gasteiger partial charge in [-0.2, -0.15) is 21.6 Å². The van der Waals surface area contributed by atoms with Crippen molar-refractivity contribution in [3.63, 3.8) is 0 Å². The minimum absolute atomic E-state index is 0.0231. The van der Waals surface area contributed by atoms with Crippen LogP contribution in [-0.2, 0) is 19.6 Å². The van der Waals surface area contributed by atoms with Gasteiger partial charge in [0.25, 0.3) is 0 Å². The Morgan fingerprint density at radius 3 is 2.26 bits per heavy atom. The van der Waals surface area contributed by atoms with E-state index in [2.05, 4.69) is 11.9 Å². The maximum absolute atomic E-state index is 12.4. The first-order chi connectivity index (χ1) is 10.5. The summed E-state index contributed by atoms with van der Waals surface area (Å²) in [6.45, 7) is 4.63. The van der Waals surface area contributed by atoms with Crippen LogP contribution in [0, 0.1) is 5.41 Å². The molecule has 0 spiro atoms. The number of carbonyl (C=O) groups excluding carboxylic acids is 2. The highest BCUT2D eigenvalue weighted by Gasteiger charge is 2.49. The van der Waals surface area contributed by atoms with Crippen molar-refractivity contribution < 1.29 is 35.9 Å². The predicted molar refractivity (Wildman–Crippen MR) is 75.7 cm³/mol. The van der Waals surface area contributed by atoms with Crippen LogP contribution in [0.1, 0.15) is 26.2 Å². The van der Waals surface area contributed by atoms with E-state index >= 15 is 0 Å². The van der Waals surface area contributed by atoms with Crippen LogP contribution in [0.5, 0.6) is 0 Å². The van der Waals surface area contributed by atoms with Gasteiger partial charge < -0.3 is 10.1 Å². The summed E-state index contributed by atoms with van der Waals surface area (Å²) >= 11 is 0. The van der Waals surface area contributed by atoms with Crippen LogP contribution in [0.4, 0.5) is 18.0 Å². The summed E-state index contributed by atoms with van der Waals surface area (Å²) < 4.78 is 65.0. The lowest BCUT2D eigenvalue weighted by Crippen LogP contribution is -2.48. The molecule has 0 aromatic rings. The number of amides is 2. The predicted octanol–water partition coefficient (Wildman–Crippen LogP) is 1.67. The number of sulfonamides is 1. The van der Waals surface area contributed by atoms with Gasteiger partial charge in [-0.25, -0.2) is 9.52 Å². The van der Waals surface area contributed by atoms with Gasteiger partial charge in [-0.3, -0.25) is 4.79 Å². The van der Waals surface area contributed by atoms with E-state index in [0.29, 0.717) is 0 Å². The molecule has 11 heteroatoms. The van der Waals surface area contributed by atoms with E-state index in [0.717, 1.165) is 4.72 Å². The van der Waals surface area contributed by atoms with Crippen LogP contribution in [0.3, 0.4) is 0 Å². The average Bonchev–Trinajstić information content (AvgIpc) is 2.44. The second-order valence-electron chi connectivity index (χ2n) is 4.64. The fourth-order valence-electron chi connectivity index (χ4n) is 1.77. The molecule has 0 fully saturated rings. The van der Waals surface area contributed by atoms with E-state index in [1.165, 1.54) is 20.0 Å². The highest BCUT2D eigenvalue weighted by Crippen LogP contribution is 2.33. The normalized spacial score (nSPS) is 14.5. The van der Waals surface area contributed by atoms with Gasteiger partial charge in [0.2, 0.25) is 5.91 Å². The van der Waals surface area contributed by atoms with Crippen LogP contribution >= 0.6 is 0 Å². The first-order valence-corrected chi connectivity index (χ1v) is 8.03. The Kier molecular flexibility index (Phi) is 7.55. The molecule has 0 saturated carbocycles. The van der Waals surface area contributed by atoms with Crippen LogP contribution < -0.4 is 10.0 Å². The molecule has 7 nitrogen and oxygen atoms in total. The highest BCUT2D eigenvalue weighted by molar-refractivity contribution is 7.90. The molecular formula is C12H19F3N2O5S. The van der Waals surface area contributed by atoms with E-state index < -0.39 is 32.9 Å². The lowest BCUT2D eigenvalue weighted by Gasteiger charge is -2.30. The van der Waals surface area contributed by atoms with Crippen LogP contribution in [0.25, 0.3) is 0 Å². The van der Waals surface area contributed by atoms with Crippen molar-refractivity contribution in [3.05, 3.63) is 12.7 Å². The number of hydrogen-bond acceptors (Lipinski definition) is 5. The molecular weight excluding hydrogens is 341 g/mol. The Labute approximate surface area is 132 Å². The maximum Gasteiger partial charge on any atom is 0.516 e. The number of ether oxygens (including phenoxy) is 1. The first-order valence-electron chi connectivity index (χ1n) is 6.54. The first kappa shape index (κ1) is 21.2. The molecule has 23 heavy (non-hydrogen) atoms. The van der Waals surface area contributed by atoms with Crippen molar-refractivity contribution in [3.8, 4) is 0 Å². The second kappa shape index (κ2) is 8.18. The third-order valence-electron chi connectivity index (χ3n) is 3.24. The summed E-state index contributed by atoms with van der Waals surface area (Å²) in [5, 5.41) is 2.16. The molecule has 0 aliphatic carbocycles. The molecule has 0 aliphatic rings. The molecule has 0 aromatic heterocycles. The van der Waals surface area contributed by atoms with Gasteiger partial charge in [0.15, 0.2) is 0 Å². The third kappa shape index (κ3) is 5.73. The maximum atomic E-state index is 12.4. The second-order valence-corrected chi connectivity index (χ2v) is 6.32. The van der Waals surface area contributed by atoms with Crippen LogP contribution in [0.15, 0.2) is 12.7 Å². The zero-order valence-electron chi connectivity index (χ0n) is 12.7. The Bertz CT molecular complexity index is 547. The molecule has 2 N–H and O–H groups in total. The third-order valence-corrected chi connectivity index (χ3v) is 4.31. The fourth-order valence-corrected chi connectivity index (χ4v) is 2.34. The number of allylic oxidation sites excluding steroid dienone is 1. The van der Waals surface area contributed by atoms with Gasteiger partial charge in [0.05, 0.1) is 12.0 Å². The minimum Gasteiger partial charge on any atom is -0.450 e. The summed E-state index contributed by atoms with van der Waals surface area (Å²) in [6, 6.07) is 0. The molecule has 0 heterocycles. The van der Waals surface area contributed by atoms with Crippen molar-refractivity contribution in [1.82, 2.24) is 10.0 Å². The number of alkyl halides is 3. The highest BCUT2D eigenvalue weighted by atomic mass is 32.2. The summed E-state index contributed by atoms with van der Waals surface area (Å²) in [6.07, 6.45) is 0.275. The van der Waals surface area contributed by atoms with E-state index in [1.807, 2.05) is 0 Å². The molecule has 0 rings (SSSR count). The molecule has 0 saturated heterocycles. The van der Waals surface area contributed by atoms with Crippen molar-refractivity contribution in [1.29, 1.82) is 0 Å². The zero-order chi connectivity index (χ0) is 18.3. The van der Waals surface area contributed by atoms with Gasteiger partial charge in [-0.1, -0.05) is 13.0 Å². The quantitative estimate of drug-likeness (QED) is 0.641. The lowest BCUT2D eigenvalue weighted by molar-refractivity contribution is -0.130. The van der Waals surface area contributed by atoms with Gasteiger partial charge in [-0.15, -0.1) is 6.58 Å². The number of alkyl carbamates (subject to hydrolysis) is 1. The molecule has 134 valence electrons. The molecule has 0 aliphatic heterocycles. The molecule has 0 radical (unpaired) electrons. The van der Waals surface area contributed by atoms with E-state index in [-0.39, 0.29) is 25.9 Å². The SMILES string of the molecule is C=CCC(CC)(CCOC(=O)NC)C(=O)NS(=O)(=O)C(F)(F)F. The van der Waals surface area contributed by atoms with Crippen molar-refractivity contribution in [2.24, 2.45) is 5.41 Å². The lowest BCUT2D eigenvalue weighted by atomic mass is 9.78. The van der Waals surface area contributed by atoms with Crippen LogP contribution in [-0.4, -0.2) is 39.6 Å². The Morgan fingerprint density at radius 2 is 1.87 bits per heavy atom. The van der Waals surface area contributed by atoms with Crippen molar-refractivity contribution in [2.75, 3.05) is 13.7 Å². The number of hydrogen-bond donors (Lipinski definition) is 2. The van der Waals surface area contributed by atoms with Gasteiger partial charge in [0.1, 0.15) is 0 Å². The Morgan fingerprint density at radius 1 is 1.30 bits per heavy atom. The molecule has 0 bridgehead atoms. The fraction of sp³-hybridized carbons (Fsp3) is 0.667. The van der Waals surface area contributed by atoms with Gasteiger partial charge in [-0.05, 0) is 19.3 Å². The number of halogens is 3. The van der Waals surface area contributed by atoms with Crippen LogP contribution in [0.2, 0.25) is 0 Å². The van der Waals surface area contributed by atoms with Crippen molar-refractivity contribution >= 4 is 22.0 Å². The summed E-state index contributed by atoms with van der Waals surface area (Å²) in [5.41, 5.74) is -7.09. The number of carbonyl (C=O) groups is 2. The Balaban J connectivity index is 5.25. The smallest absolute Gasteiger partial charge is 0.450 e. The molecule has 1 unspecified atom stereocenters. The van der Waals surface area contributed by atoms with Gasteiger partial charge in [0, 0.05) is 7.05 Å². The molecule has 0 aromatic carbocycles.